The van der Waals surface area contributed by atoms with Crippen LogP contribution >= 0.6 is 0 Å². The molecule has 0 unspecified atom stereocenters. The standard InChI is InChI=1S/C28H22N4O3/c33-25-23-22(14-16-15-29-20-12-6-4-10-18(16)20)31-28(19-11-5-7-13-21(19)30-27(28)35)24(23)26(34)32(25)17-8-2-1-3-9-17/h1-13,15,22-24,29,31H,14H2,(H,30,35)/t22-,23-,24+,28-/m1/s1. The number of aromatic amines is 1. The lowest BCUT2D eigenvalue weighted by molar-refractivity contribution is -0.130. The number of amides is 3. The van der Waals surface area contributed by atoms with E-state index in [9.17, 15) is 14.4 Å². The minimum atomic E-state index is -1.30. The van der Waals surface area contributed by atoms with Gasteiger partial charge in [0.25, 0.3) is 0 Å². The van der Waals surface area contributed by atoms with Crippen LogP contribution in [0, 0.1) is 11.8 Å². The summed E-state index contributed by atoms with van der Waals surface area (Å²) in [6.07, 6.45) is 2.45. The zero-order valence-corrected chi connectivity index (χ0v) is 18.7. The maximum Gasteiger partial charge on any atom is 0.250 e. The fraction of sp³-hybridized carbons (Fsp3) is 0.179. The van der Waals surface area contributed by atoms with Crippen LogP contribution in [0.25, 0.3) is 10.9 Å². The van der Waals surface area contributed by atoms with E-state index in [1.165, 1.54) is 4.90 Å². The number of benzene rings is 3. The molecule has 3 aliphatic heterocycles. The second-order valence-corrected chi connectivity index (χ2v) is 9.47. The summed E-state index contributed by atoms with van der Waals surface area (Å²) in [5.41, 5.74) is 2.68. The van der Waals surface area contributed by atoms with Gasteiger partial charge in [-0.3, -0.25) is 19.7 Å². The lowest BCUT2D eigenvalue weighted by atomic mass is 9.76. The number of H-pyrrole nitrogens is 1. The van der Waals surface area contributed by atoms with Gasteiger partial charge in [0.2, 0.25) is 17.7 Å². The Labute approximate surface area is 201 Å². The summed E-state index contributed by atoms with van der Waals surface area (Å²) in [7, 11) is 0. The molecular weight excluding hydrogens is 440 g/mol. The average Bonchev–Trinajstić information content (AvgIpc) is 3.59. The lowest BCUT2D eigenvalue weighted by Crippen LogP contribution is -2.53. The van der Waals surface area contributed by atoms with Gasteiger partial charge in [-0.25, -0.2) is 4.90 Å². The van der Waals surface area contributed by atoms with Crippen molar-refractivity contribution in [1.29, 1.82) is 0 Å². The molecule has 0 radical (unpaired) electrons. The number of aromatic nitrogens is 1. The van der Waals surface area contributed by atoms with Gasteiger partial charge in [-0.05, 0) is 36.2 Å². The van der Waals surface area contributed by atoms with Crippen LogP contribution in [0.15, 0.2) is 85.1 Å². The summed E-state index contributed by atoms with van der Waals surface area (Å²) < 4.78 is 0. The molecule has 4 heterocycles. The summed E-state index contributed by atoms with van der Waals surface area (Å²) in [5, 5.41) is 7.54. The zero-order chi connectivity index (χ0) is 23.7. The fourth-order valence-electron chi connectivity index (χ4n) is 6.30. The molecule has 4 atom stereocenters. The van der Waals surface area contributed by atoms with E-state index in [1.807, 2.05) is 60.8 Å². The van der Waals surface area contributed by atoms with Gasteiger partial charge in [0.05, 0.1) is 17.5 Å². The minimum Gasteiger partial charge on any atom is -0.361 e. The number of fused-ring (bicyclic) bond motifs is 5. The van der Waals surface area contributed by atoms with Crippen molar-refractivity contribution in [2.75, 3.05) is 10.2 Å². The van der Waals surface area contributed by atoms with Crippen molar-refractivity contribution < 1.29 is 14.4 Å². The van der Waals surface area contributed by atoms with E-state index in [0.29, 0.717) is 17.8 Å². The molecule has 0 aliphatic carbocycles. The predicted octanol–water partition coefficient (Wildman–Crippen LogP) is 3.34. The van der Waals surface area contributed by atoms with E-state index in [2.05, 4.69) is 15.6 Å². The van der Waals surface area contributed by atoms with Gasteiger partial charge in [0.15, 0.2) is 0 Å². The van der Waals surface area contributed by atoms with Gasteiger partial charge < -0.3 is 10.3 Å². The number of anilines is 2. The highest BCUT2D eigenvalue weighted by atomic mass is 16.2. The Morgan fingerprint density at radius 3 is 2.43 bits per heavy atom. The van der Waals surface area contributed by atoms with E-state index in [0.717, 1.165) is 22.0 Å². The van der Waals surface area contributed by atoms with Crippen LogP contribution in [-0.4, -0.2) is 28.7 Å². The van der Waals surface area contributed by atoms with Crippen LogP contribution < -0.4 is 15.5 Å². The zero-order valence-electron chi connectivity index (χ0n) is 18.7. The minimum absolute atomic E-state index is 0.266. The van der Waals surface area contributed by atoms with Crippen LogP contribution in [0.5, 0.6) is 0 Å². The monoisotopic (exact) mass is 462 g/mol. The van der Waals surface area contributed by atoms with Crippen molar-refractivity contribution >= 4 is 40.0 Å². The summed E-state index contributed by atoms with van der Waals surface area (Å²) in [6.45, 7) is 0. The maximum atomic E-state index is 14.0. The molecular formula is C28H22N4O3. The molecule has 1 spiro atoms. The van der Waals surface area contributed by atoms with E-state index in [-0.39, 0.29) is 17.7 Å². The quantitative estimate of drug-likeness (QED) is 0.407. The number of rotatable bonds is 3. The number of carbonyl (C=O) groups excluding carboxylic acids is 3. The molecule has 1 aromatic heterocycles. The smallest absolute Gasteiger partial charge is 0.250 e. The lowest BCUT2D eigenvalue weighted by Gasteiger charge is -2.29. The van der Waals surface area contributed by atoms with Gasteiger partial charge in [-0.15, -0.1) is 0 Å². The molecule has 172 valence electrons. The van der Waals surface area contributed by atoms with Crippen molar-refractivity contribution in [3.8, 4) is 0 Å². The highest BCUT2D eigenvalue weighted by Crippen LogP contribution is 2.53. The molecule has 7 rings (SSSR count). The second-order valence-electron chi connectivity index (χ2n) is 9.47. The first kappa shape index (κ1) is 20.2. The summed E-state index contributed by atoms with van der Waals surface area (Å²) in [6, 6.07) is 24.0. The van der Waals surface area contributed by atoms with E-state index < -0.39 is 23.4 Å². The number of nitrogens with one attached hydrogen (secondary N) is 3. The van der Waals surface area contributed by atoms with Gasteiger partial charge in [0.1, 0.15) is 5.54 Å². The molecule has 7 nitrogen and oxygen atoms in total. The number of imide groups is 1. The van der Waals surface area contributed by atoms with Crippen LogP contribution in [-0.2, 0) is 26.3 Å². The Morgan fingerprint density at radius 2 is 1.57 bits per heavy atom. The van der Waals surface area contributed by atoms with E-state index >= 15 is 0 Å². The van der Waals surface area contributed by atoms with Gasteiger partial charge in [-0.1, -0.05) is 54.6 Å². The number of hydrogen-bond donors (Lipinski definition) is 3. The molecule has 3 N–H and O–H groups in total. The number of hydrogen-bond acceptors (Lipinski definition) is 4. The Hall–Kier alpha value is -4.23. The largest absolute Gasteiger partial charge is 0.361 e. The Morgan fingerprint density at radius 1 is 0.829 bits per heavy atom. The summed E-state index contributed by atoms with van der Waals surface area (Å²) in [4.78, 5) is 46.0. The number of nitrogens with zero attached hydrogens (tertiary/aromatic N) is 1. The highest BCUT2D eigenvalue weighted by Gasteiger charge is 2.70. The first-order valence-corrected chi connectivity index (χ1v) is 11.8. The molecule has 3 aliphatic rings. The van der Waals surface area contributed by atoms with Crippen molar-refractivity contribution in [2.45, 2.75) is 18.0 Å². The first-order chi connectivity index (χ1) is 17.1. The molecule has 35 heavy (non-hydrogen) atoms. The third-order valence-electron chi connectivity index (χ3n) is 7.75. The second kappa shape index (κ2) is 7.13. The average molecular weight is 463 g/mol. The van der Waals surface area contributed by atoms with Gasteiger partial charge in [0, 0.05) is 34.4 Å². The van der Waals surface area contributed by atoms with Crippen molar-refractivity contribution in [3.05, 3.63) is 96.2 Å². The van der Waals surface area contributed by atoms with Crippen molar-refractivity contribution in [3.63, 3.8) is 0 Å². The van der Waals surface area contributed by atoms with Crippen LogP contribution in [0.4, 0.5) is 11.4 Å². The van der Waals surface area contributed by atoms with Crippen LogP contribution in [0.3, 0.4) is 0 Å². The Kier molecular flexibility index (Phi) is 4.11. The molecule has 4 aromatic rings. The fourth-order valence-corrected chi connectivity index (χ4v) is 6.30. The normalized spacial score (nSPS) is 27.0. The topological polar surface area (TPSA) is 94.3 Å². The molecule has 0 saturated carbocycles. The van der Waals surface area contributed by atoms with Crippen molar-refractivity contribution in [1.82, 2.24) is 10.3 Å². The van der Waals surface area contributed by atoms with Crippen LogP contribution in [0.1, 0.15) is 11.1 Å². The molecule has 3 aromatic carbocycles. The van der Waals surface area contributed by atoms with E-state index in [1.54, 1.807) is 24.3 Å². The number of carbonyl (C=O) groups is 3. The molecule has 3 amide bonds. The van der Waals surface area contributed by atoms with Crippen LogP contribution in [0.2, 0.25) is 0 Å². The van der Waals surface area contributed by atoms with Gasteiger partial charge >= 0.3 is 0 Å². The molecule has 7 heteroatoms. The Bertz CT molecular complexity index is 1530. The molecule has 2 saturated heterocycles. The SMILES string of the molecule is O=C1[C@H]2[C@@H](C(=O)N1c1ccccc1)[C@@]1(N[C@@H]2Cc2c[nH]c3ccccc23)C(=O)Nc2ccccc21. The molecule has 2 fully saturated rings. The maximum absolute atomic E-state index is 14.0. The summed E-state index contributed by atoms with van der Waals surface area (Å²) >= 11 is 0. The highest BCUT2D eigenvalue weighted by molar-refractivity contribution is 6.25. The first-order valence-electron chi connectivity index (χ1n) is 11.8. The third kappa shape index (κ3) is 2.61. The molecule has 0 bridgehead atoms. The van der Waals surface area contributed by atoms with E-state index in [4.69, 9.17) is 0 Å². The third-order valence-corrected chi connectivity index (χ3v) is 7.75. The summed E-state index contributed by atoms with van der Waals surface area (Å²) in [5.74, 6) is -2.40. The van der Waals surface area contributed by atoms with Gasteiger partial charge in [-0.2, -0.15) is 0 Å². The Balaban J connectivity index is 1.38. The predicted molar refractivity (Wildman–Crippen MR) is 132 cm³/mol. The number of para-hydroxylation sites is 3. The van der Waals surface area contributed by atoms with Crippen molar-refractivity contribution in [2.24, 2.45) is 11.8 Å².